The molecule has 0 spiro atoms. The molecule has 1 aromatic heterocycles. The van der Waals surface area contributed by atoms with Crippen molar-refractivity contribution in [3.63, 3.8) is 0 Å². The number of likely N-dealkylation sites (tertiary alicyclic amines) is 2. The standard InChI is InChI=1S/C19H24N4O/c1-14(24)23-12-17-11-22(10-15-8-20-21(2)9-15)13-18(17)19(23)16-6-4-3-5-7-16/h3-9,17-19H,10-13H2,1-2H3/t17-,18-,19+/m1/s1. The fourth-order valence-electron chi connectivity index (χ4n) is 4.48. The number of hydrogen-bond acceptors (Lipinski definition) is 3. The second kappa shape index (κ2) is 6.06. The lowest BCUT2D eigenvalue weighted by molar-refractivity contribution is -0.130. The zero-order valence-corrected chi connectivity index (χ0v) is 14.3. The Kier molecular flexibility index (Phi) is 3.88. The van der Waals surface area contributed by atoms with Crippen LogP contribution in [-0.2, 0) is 18.4 Å². The molecule has 1 aromatic carbocycles. The maximum absolute atomic E-state index is 12.1. The summed E-state index contributed by atoms with van der Waals surface area (Å²) in [5.41, 5.74) is 2.53. The van der Waals surface area contributed by atoms with E-state index in [9.17, 15) is 4.79 Å². The van der Waals surface area contributed by atoms with Crippen LogP contribution in [0.25, 0.3) is 0 Å². The van der Waals surface area contributed by atoms with E-state index in [1.165, 1.54) is 11.1 Å². The maximum Gasteiger partial charge on any atom is 0.219 e. The van der Waals surface area contributed by atoms with Gasteiger partial charge in [-0.1, -0.05) is 30.3 Å². The van der Waals surface area contributed by atoms with Crippen LogP contribution in [0.1, 0.15) is 24.1 Å². The molecule has 4 rings (SSSR count). The minimum absolute atomic E-state index is 0.192. The molecular formula is C19H24N4O. The predicted molar refractivity (Wildman–Crippen MR) is 92.0 cm³/mol. The highest BCUT2D eigenvalue weighted by Crippen LogP contribution is 2.45. The van der Waals surface area contributed by atoms with Gasteiger partial charge in [-0.25, -0.2) is 0 Å². The Labute approximate surface area is 142 Å². The lowest BCUT2D eigenvalue weighted by Gasteiger charge is -2.29. The SMILES string of the molecule is CC(=O)N1C[C@H]2CN(Cc3cnn(C)c3)C[C@H]2[C@@H]1c1ccccc1. The van der Waals surface area contributed by atoms with E-state index < -0.39 is 0 Å². The Morgan fingerprint density at radius 3 is 2.67 bits per heavy atom. The van der Waals surface area contributed by atoms with Crippen molar-refractivity contribution in [1.29, 1.82) is 0 Å². The topological polar surface area (TPSA) is 41.4 Å². The summed E-state index contributed by atoms with van der Waals surface area (Å²) in [6.07, 6.45) is 4.04. The van der Waals surface area contributed by atoms with E-state index in [0.29, 0.717) is 11.8 Å². The van der Waals surface area contributed by atoms with Crippen LogP contribution >= 0.6 is 0 Å². The fraction of sp³-hybridized carbons (Fsp3) is 0.474. The average molecular weight is 324 g/mol. The van der Waals surface area contributed by atoms with Gasteiger partial charge in [0.25, 0.3) is 0 Å². The molecule has 0 bridgehead atoms. The molecular weight excluding hydrogens is 300 g/mol. The van der Waals surface area contributed by atoms with E-state index >= 15 is 0 Å². The van der Waals surface area contributed by atoms with Crippen molar-refractivity contribution < 1.29 is 4.79 Å². The van der Waals surface area contributed by atoms with Crippen molar-refractivity contribution in [3.05, 3.63) is 53.9 Å². The minimum Gasteiger partial charge on any atom is -0.335 e. The van der Waals surface area contributed by atoms with Crippen LogP contribution in [0.15, 0.2) is 42.7 Å². The van der Waals surface area contributed by atoms with Crippen LogP contribution in [0.2, 0.25) is 0 Å². The molecule has 2 aromatic rings. The first-order chi connectivity index (χ1) is 11.6. The largest absolute Gasteiger partial charge is 0.335 e. The summed E-state index contributed by atoms with van der Waals surface area (Å²) in [6, 6.07) is 10.7. The number of rotatable bonds is 3. The summed E-state index contributed by atoms with van der Waals surface area (Å²) in [7, 11) is 1.96. The number of aromatic nitrogens is 2. The highest BCUT2D eigenvalue weighted by molar-refractivity contribution is 5.74. The average Bonchev–Trinajstić information content (AvgIpc) is 3.22. The lowest BCUT2D eigenvalue weighted by Crippen LogP contribution is -2.34. The number of fused-ring (bicyclic) bond motifs is 1. The molecule has 5 heteroatoms. The quantitative estimate of drug-likeness (QED) is 0.868. The van der Waals surface area contributed by atoms with Crippen LogP contribution in [0, 0.1) is 11.8 Å². The van der Waals surface area contributed by atoms with Crippen LogP contribution in [0.3, 0.4) is 0 Å². The number of aryl methyl sites for hydroxylation is 1. The summed E-state index contributed by atoms with van der Waals surface area (Å²) in [6.45, 7) is 5.63. The van der Waals surface area contributed by atoms with Crippen molar-refractivity contribution in [2.24, 2.45) is 18.9 Å². The Bertz CT molecular complexity index is 726. The molecule has 5 nitrogen and oxygen atoms in total. The highest BCUT2D eigenvalue weighted by Gasteiger charge is 2.48. The second-order valence-corrected chi connectivity index (χ2v) is 7.17. The van der Waals surface area contributed by atoms with E-state index in [4.69, 9.17) is 0 Å². The van der Waals surface area contributed by atoms with Crippen molar-refractivity contribution in [3.8, 4) is 0 Å². The first-order valence-corrected chi connectivity index (χ1v) is 8.64. The van der Waals surface area contributed by atoms with Gasteiger partial charge in [-0.05, 0) is 11.5 Å². The van der Waals surface area contributed by atoms with E-state index in [1.807, 2.05) is 24.0 Å². The van der Waals surface area contributed by atoms with Gasteiger partial charge >= 0.3 is 0 Å². The lowest BCUT2D eigenvalue weighted by atomic mass is 9.89. The Morgan fingerprint density at radius 1 is 1.21 bits per heavy atom. The first-order valence-electron chi connectivity index (χ1n) is 8.64. The Balaban J connectivity index is 1.54. The van der Waals surface area contributed by atoms with Gasteiger partial charge in [0.05, 0.1) is 12.2 Å². The third-order valence-electron chi connectivity index (χ3n) is 5.45. The normalized spacial score (nSPS) is 26.8. The summed E-state index contributed by atoms with van der Waals surface area (Å²) >= 11 is 0. The van der Waals surface area contributed by atoms with Gasteiger partial charge < -0.3 is 4.90 Å². The molecule has 0 aliphatic carbocycles. The fourth-order valence-corrected chi connectivity index (χ4v) is 4.48. The van der Waals surface area contributed by atoms with Gasteiger partial charge in [-0.15, -0.1) is 0 Å². The summed E-state index contributed by atoms with van der Waals surface area (Å²) < 4.78 is 1.86. The third kappa shape index (κ3) is 2.73. The molecule has 126 valence electrons. The molecule has 3 atom stereocenters. The molecule has 2 aliphatic rings. The molecule has 2 fully saturated rings. The molecule has 24 heavy (non-hydrogen) atoms. The number of hydrogen-bond donors (Lipinski definition) is 0. The number of amides is 1. The molecule has 0 saturated carbocycles. The van der Waals surface area contributed by atoms with Gasteiger partial charge in [-0.2, -0.15) is 5.10 Å². The molecule has 3 heterocycles. The minimum atomic E-state index is 0.192. The number of nitrogens with zero attached hydrogens (tertiary/aromatic N) is 4. The Hall–Kier alpha value is -2.14. The highest BCUT2D eigenvalue weighted by atomic mass is 16.2. The first kappa shape index (κ1) is 15.4. The van der Waals surface area contributed by atoms with E-state index in [0.717, 1.165) is 26.2 Å². The van der Waals surface area contributed by atoms with Crippen LogP contribution in [0.5, 0.6) is 0 Å². The van der Waals surface area contributed by atoms with Crippen molar-refractivity contribution >= 4 is 5.91 Å². The van der Waals surface area contributed by atoms with Crippen LogP contribution < -0.4 is 0 Å². The number of benzene rings is 1. The molecule has 2 aliphatic heterocycles. The third-order valence-corrected chi connectivity index (χ3v) is 5.45. The predicted octanol–water partition coefficient (Wildman–Crippen LogP) is 2.07. The van der Waals surface area contributed by atoms with E-state index in [2.05, 4.69) is 45.4 Å². The van der Waals surface area contributed by atoms with Gasteiger partial charge in [0.1, 0.15) is 0 Å². The van der Waals surface area contributed by atoms with Gasteiger partial charge in [0.2, 0.25) is 5.91 Å². The van der Waals surface area contributed by atoms with Crippen molar-refractivity contribution in [2.45, 2.75) is 19.5 Å². The smallest absolute Gasteiger partial charge is 0.219 e. The summed E-state index contributed by atoms with van der Waals surface area (Å²) in [4.78, 5) is 16.7. The summed E-state index contributed by atoms with van der Waals surface area (Å²) in [5, 5.41) is 4.27. The molecule has 0 unspecified atom stereocenters. The molecule has 0 radical (unpaired) electrons. The maximum atomic E-state index is 12.1. The second-order valence-electron chi connectivity index (χ2n) is 7.17. The Morgan fingerprint density at radius 2 is 2.00 bits per heavy atom. The van der Waals surface area contributed by atoms with Gasteiger partial charge in [-0.3, -0.25) is 14.4 Å². The number of carbonyl (C=O) groups excluding carboxylic acids is 1. The molecule has 2 saturated heterocycles. The van der Waals surface area contributed by atoms with Crippen molar-refractivity contribution in [2.75, 3.05) is 19.6 Å². The zero-order valence-electron chi connectivity index (χ0n) is 14.3. The zero-order chi connectivity index (χ0) is 16.7. The van der Waals surface area contributed by atoms with Gasteiger partial charge in [0, 0.05) is 57.8 Å². The molecule has 0 N–H and O–H groups in total. The van der Waals surface area contributed by atoms with E-state index in [-0.39, 0.29) is 11.9 Å². The van der Waals surface area contributed by atoms with Gasteiger partial charge in [0.15, 0.2) is 0 Å². The number of carbonyl (C=O) groups is 1. The van der Waals surface area contributed by atoms with Crippen molar-refractivity contribution in [1.82, 2.24) is 19.6 Å². The van der Waals surface area contributed by atoms with Crippen LogP contribution in [-0.4, -0.2) is 45.1 Å². The summed E-state index contributed by atoms with van der Waals surface area (Å²) in [5.74, 6) is 1.28. The van der Waals surface area contributed by atoms with Crippen LogP contribution in [0.4, 0.5) is 0 Å². The molecule has 1 amide bonds. The monoisotopic (exact) mass is 324 g/mol. The van der Waals surface area contributed by atoms with E-state index in [1.54, 1.807) is 6.92 Å².